The molecule has 0 aliphatic carbocycles. The molecule has 0 atom stereocenters. The zero-order chi connectivity index (χ0) is 7.56. The van der Waals surface area contributed by atoms with Crippen LogP contribution in [0.5, 0.6) is 0 Å². The van der Waals surface area contributed by atoms with E-state index in [1.165, 1.54) is 0 Å². The van der Waals surface area contributed by atoms with Crippen molar-refractivity contribution < 1.29 is 5.02 Å². The maximum atomic E-state index is 9.20. The minimum atomic E-state index is -0.346. The number of hydrogen-bond donors (Lipinski definition) is 1. The molecule has 1 N–H and O–H groups in total. The van der Waals surface area contributed by atoms with Gasteiger partial charge >= 0.3 is 6.92 Å². The molecule has 0 heterocycles. The Labute approximate surface area is 61.8 Å². The summed E-state index contributed by atoms with van der Waals surface area (Å²) in [6.07, 6.45) is 0. The Morgan fingerprint density at radius 3 is 2.30 bits per heavy atom. The molecule has 1 nitrogen and oxygen atoms in total. The minimum absolute atomic E-state index is 0.346. The van der Waals surface area contributed by atoms with Crippen LogP contribution < -0.4 is 5.46 Å². The fourth-order valence-corrected chi connectivity index (χ4v) is 1.06. The molecule has 52 valence electrons. The van der Waals surface area contributed by atoms with E-state index in [9.17, 15) is 5.02 Å². The van der Waals surface area contributed by atoms with Crippen LogP contribution in [-0.4, -0.2) is 11.9 Å². The van der Waals surface area contributed by atoms with Crippen molar-refractivity contribution in [2.75, 3.05) is 0 Å². The molecular formula is C8H11BO. The lowest BCUT2D eigenvalue weighted by Gasteiger charge is -2.03. The molecule has 1 aromatic carbocycles. The lowest BCUT2D eigenvalue weighted by Crippen LogP contribution is -2.28. The Morgan fingerprint density at radius 2 is 1.90 bits per heavy atom. The highest BCUT2D eigenvalue weighted by atomic mass is 16.2. The summed E-state index contributed by atoms with van der Waals surface area (Å²) >= 11 is 0. The van der Waals surface area contributed by atoms with Gasteiger partial charge in [-0.2, -0.15) is 0 Å². The van der Waals surface area contributed by atoms with Crippen molar-refractivity contribution >= 4 is 12.4 Å². The van der Waals surface area contributed by atoms with Crippen LogP contribution in [0.25, 0.3) is 0 Å². The van der Waals surface area contributed by atoms with Gasteiger partial charge in [0, 0.05) is 0 Å². The van der Waals surface area contributed by atoms with Gasteiger partial charge in [-0.15, -0.1) is 0 Å². The highest BCUT2D eigenvalue weighted by Crippen LogP contribution is 1.93. The van der Waals surface area contributed by atoms with Crippen LogP contribution >= 0.6 is 0 Å². The van der Waals surface area contributed by atoms with E-state index in [1.54, 1.807) is 6.82 Å². The van der Waals surface area contributed by atoms with Crippen LogP contribution in [0.4, 0.5) is 0 Å². The first-order valence-corrected chi connectivity index (χ1v) is 3.45. The predicted molar refractivity (Wildman–Crippen MR) is 44.6 cm³/mol. The molecule has 0 radical (unpaired) electrons. The van der Waals surface area contributed by atoms with Gasteiger partial charge in [0.1, 0.15) is 0 Å². The second-order valence-electron chi connectivity index (χ2n) is 2.53. The van der Waals surface area contributed by atoms with Crippen molar-refractivity contribution in [2.45, 2.75) is 13.7 Å². The molecule has 0 aromatic heterocycles. The summed E-state index contributed by atoms with van der Waals surface area (Å²) in [5.41, 5.74) is 2.17. The third-order valence-electron chi connectivity index (χ3n) is 1.64. The van der Waals surface area contributed by atoms with E-state index in [0.717, 1.165) is 11.0 Å². The number of aryl methyl sites for hydroxylation is 1. The maximum Gasteiger partial charge on any atom is 0.320 e. The van der Waals surface area contributed by atoms with Crippen LogP contribution in [0, 0.1) is 6.92 Å². The van der Waals surface area contributed by atoms with Crippen molar-refractivity contribution in [1.82, 2.24) is 0 Å². The van der Waals surface area contributed by atoms with E-state index in [-0.39, 0.29) is 6.92 Å². The van der Waals surface area contributed by atoms with Gasteiger partial charge in [0.2, 0.25) is 0 Å². The van der Waals surface area contributed by atoms with E-state index in [4.69, 9.17) is 0 Å². The largest absolute Gasteiger partial charge is 0.446 e. The molecule has 0 aliphatic rings. The number of hydrogen-bond acceptors (Lipinski definition) is 1. The Morgan fingerprint density at radius 1 is 1.30 bits per heavy atom. The average Bonchev–Trinajstić information content (AvgIpc) is 1.88. The molecule has 0 unspecified atom stereocenters. The molecule has 10 heavy (non-hydrogen) atoms. The standard InChI is InChI=1S/C8H11BO/c1-7-5-3-4-6-8(7)9(2)10/h3-6,10H,1-2H3. The van der Waals surface area contributed by atoms with E-state index in [2.05, 4.69) is 0 Å². The van der Waals surface area contributed by atoms with Gasteiger partial charge in [0.05, 0.1) is 0 Å². The van der Waals surface area contributed by atoms with Crippen LogP contribution in [-0.2, 0) is 0 Å². The van der Waals surface area contributed by atoms with E-state index >= 15 is 0 Å². The minimum Gasteiger partial charge on any atom is -0.446 e. The van der Waals surface area contributed by atoms with E-state index < -0.39 is 0 Å². The Bertz CT molecular complexity index is 220. The van der Waals surface area contributed by atoms with Crippen LogP contribution in [0.3, 0.4) is 0 Å². The molecule has 0 saturated carbocycles. The third-order valence-corrected chi connectivity index (χ3v) is 1.64. The summed E-state index contributed by atoms with van der Waals surface area (Å²) < 4.78 is 0. The van der Waals surface area contributed by atoms with Gasteiger partial charge in [-0.25, -0.2) is 0 Å². The van der Waals surface area contributed by atoms with Crippen molar-refractivity contribution in [2.24, 2.45) is 0 Å². The second kappa shape index (κ2) is 2.89. The number of rotatable bonds is 1. The van der Waals surface area contributed by atoms with Crippen molar-refractivity contribution in [3.63, 3.8) is 0 Å². The summed E-state index contributed by atoms with van der Waals surface area (Å²) in [5, 5.41) is 9.20. The molecule has 1 aromatic rings. The van der Waals surface area contributed by atoms with Gasteiger partial charge < -0.3 is 5.02 Å². The lowest BCUT2D eigenvalue weighted by molar-refractivity contribution is 0.593. The molecule has 0 saturated heterocycles. The Balaban J connectivity index is 3.03. The highest BCUT2D eigenvalue weighted by Gasteiger charge is 2.06. The first-order valence-electron chi connectivity index (χ1n) is 3.45. The van der Waals surface area contributed by atoms with Gasteiger partial charge in [-0.1, -0.05) is 36.7 Å². The summed E-state index contributed by atoms with van der Waals surface area (Å²) in [6.45, 7) is 3.44. The van der Waals surface area contributed by atoms with Crippen molar-refractivity contribution in [3.8, 4) is 0 Å². The van der Waals surface area contributed by atoms with E-state index in [1.807, 2.05) is 31.2 Å². The van der Waals surface area contributed by atoms with E-state index in [0.29, 0.717) is 0 Å². The molecule has 0 fully saturated rings. The quantitative estimate of drug-likeness (QED) is 0.563. The monoisotopic (exact) mass is 134 g/mol. The maximum absolute atomic E-state index is 9.20. The first kappa shape index (κ1) is 7.35. The Kier molecular flexibility index (Phi) is 2.12. The zero-order valence-electron chi connectivity index (χ0n) is 6.33. The first-order chi connectivity index (χ1) is 4.72. The zero-order valence-corrected chi connectivity index (χ0v) is 6.33. The predicted octanol–water partition coefficient (Wildman–Crippen LogP) is 0.816. The third kappa shape index (κ3) is 1.39. The van der Waals surface area contributed by atoms with Gasteiger partial charge in [0.25, 0.3) is 0 Å². The number of benzene rings is 1. The SMILES string of the molecule is CB(O)c1ccccc1C. The summed E-state index contributed by atoms with van der Waals surface area (Å²) in [5.74, 6) is 0. The van der Waals surface area contributed by atoms with Gasteiger partial charge in [-0.05, 0) is 12.4 Å². The highest BCUT2D eigenvalue weighted by molar-refractivity contribution is 6.65. The molecule has 0 spiro atoms. The van der Waals surface area contributed by atoms with Crippen molar-refractivity contribution in [3.05, 3.63) is 29.8 Å². The molecule has 0 aliphatic heterocycles. The molecule has 2 heteroatoms. The van der Waals surface area contributed by atoms with Crippen LogP contribution in [0.2, 0.25) is 6.82 Å². The molecule has 0 bridgehead atoms. The Hall–Kier alpha value is -0.755. The topological polar surface area (TPSA) is 20.2 Å². The lowest BCUT2D eigenvalue weighted by atomic mass is 9.63. The van der Waals surface area contributed by atoms with Gasteiger partial charge in [0.15, 0.2) is 0 Å². The van der Waals surface area contributed by atoms with Gasteiger partial charge in [-0.3, -0.25) is 0 Å². The molecular weight excluding hydrogens is 123 g/mol. The van der Waals surface area contributed by atoms with Crippen LogP contribution in [0.1, 0.15) is 5.56 Å². The average molecular weight is 134 g/mol. The summed E-state index contributed by atoms with van der Waals surface area (Å²) in [7, 11) is 0. The summed E-state index contributed by atoms with van der Waals surface area (Å²) in [6, 6.07) is 7.86. The molecule has 0 amide bonds. The second-order valence-corrected chi connectivity index (χ2v) is 2.53. The normalized spacial score (nSPS) is 9.50. The fourth-order valence-electron chi connectivity index (χ4n) is 1.06. The smallest absolute Gasteiger partial charge is 0.320 e. The summed E-state index contributed by atoms with van der Waals surface area (Å²) in [4.78, 5) is 0. The molecule has 1 rings (SSSR count). The van der Waals surface area contributed by atoms with Crippen LogP contribution in [0.15, 0.2) is 24.3 Å². The fraction of sp³-hybridized carbons (Fsp3) is 0.250. The van der Waals surface area contributed by atoms with Crippen molar-refractivity contribution in [1.29, 1.82) is 0 Å².